The van der Waals surface area contributed by atoms with Crippen LogP contribution in [0.4, 0.5) is 0 Å². The van der Waals surface area contributed by atoms with Gasteiger partial charge in [0.1, 0.15) is 11.3 Å². The van der Waals surface area contributed by atoms with E-state index in [4.69, 9.17) is 4.52 Å². The van der Waals surface area contributed by atoms with Crippen LogP contribution in [0.1, 0.15) is 66.7 Å². The number of hydrogen-bond donors (Lipinski definition) is 1. The molecule has 1 atom stereocenters. The summed E-state index contributed by atoms with van der Waals surface area (Å²) in [6.45, 7) is 10.2. The molecule has 2 aromatic rings. The Morgan fingerprint density at radius 3 is 2.43 bits per heavy atom. The standard InChI is InChI=1S/C19H26N2O2/c1-6-17-18(14(5)21-23-17)19(22)20-13(4)16-9-7-15(8-10-16)11-12(2)3/h7-10,12-13H,6,11H2,1-5H3,(H,20,22). The van der Waals surface area contributed by atoms with Crippen molar-refractivity contribution in [3.63, 3.8) is 0 Å². The molecule has 4 heteroatoms. The molecule has 0 bridgehead atoms. The van der Waals surface area contributed by atoms with Crippen molar-refractivity contribution in [3.8, 4) is 0 Å². The van der Waals surface area contributed by atoms with Crippen molar-refractivity contribution in [2.45, 2.75) is 53.5 Å². The molecule has 0 saturated carbocycles. The first-order valence-corrected chi connectivity index (χ1v) is 8.27. The van der Waals surface area contributed by atoms with E-state index < -0.39 is 0 Å². The zero-order chi connectivity index (χ0) is 17.0. The van der Waals surface area contributed by atoms with Gasteiger partial charge in [0.05, 0.1) is 11.7 Å². The first kappa shape index (κ1) is 17.3. The van der Waals surface area contributed by atoms with Gasteiger partial charge in [-0.2, -0.15) is 0 Å². The van der Waals surface area contributed by atoms with E-state index in [1.54, 1.807) is 6.92 Å². The Balaban J connectivity index is 2.07. The summed E-state index contributed by atoms with van der Waals surface area (Å²) in [5, 5.41) is 6.93. The van der Waals surface area contributed by atoms with E-state index in [0.29, 0.717) is 29.4 Å². The molecular weight excluding hydrogens is 288 g/mol. The molecule has 0 radical (unpaired) electrons. The molecule has 0 aliphatic heterocycles. The van der Waals surface area contributed by atoms with E-state index >= 15 is 0 Å². The highest BCUT2D eigenvalue weighted by atomic mass is 16.5. The van der Waals surface area contributed by atoms with Gasteiger partial charge in [0.2, 0.25) is 0 Å². The van der Waals surface area contributed by atoms with Gasteiger partial charge in [0.15, 0.2) is 0 Å². The molecule has 1 aromatic heterocycles. The monoisotopic (exact) mass is 314 g/mol. The molecule has 23 heavy (non-hydrogen) atoms. The summed E-state index contributed by atoms with van der Waals surface area (Å²) in [4.78, 5) is 12.5. The van der Waals surface area contributed by atoms with Crippen LogP contribution < -0.4 is 5.32 Å². The molecule has 4 nitrogen and oxygen atoms in total. The summed E-state index contributed by atoms with van der Waals surface area (Å²) in [6, 6.07) is 8.39. The number of nitrogens with zero attached hydrogens (tertiary/aromatic N) is 1. The number of carbonyl (C=O) groups excluding carboxylic acids is 1. The Morgan fingerprint density at radius 1 is 1.22 bits per heavy atom. The van der Waals surface area contributed by atoms with Crippen LogP contribution in [0.15, 0.2) is 28.8 Å². The van der Waals surface area contributed by atoms with Gasteiger partial charge in [0.25, 0.3) is 5.91 Å². The number of carbonyl (C=O) groups is 1. The van der Waals surface area contributed by atoms with Crippen LogP contribution in [0.3, 0.4) is 0 Å². The van der Waals surface area contributed by atoms with Crippen molar-refractivity contribution in [2.75, 3.05) is 0 Å². The number of rotatable bonds is 6. The Bertz CT molecular complexity index is 657. The maximum Gasteiger partial charge on any atom is 0.257 e. The minimum Gasteiger partial charge on any atom is -0.360 e. The van der Waals surface area contributed by atoms with Crippen LogP contribution in [-0.2, 0) is 12.8 Å². The summed E-state index contributed by atoms with van der Waals surface area (Å²) in [7, 11) is 0. The molecule has 1 N–H and O–H groups in total. The average molecular weight is 314 g/mol. The maximum absolute atomic E-state index is 12.5. The number of aromatic nitrogens is 1. The van der Waals surface area contributed by atoms with Crippen molar-refractivity contribution in [1.29, 1.82) is 0 Å². The number of aryl methyl sites for hydroxylation is 2. The van der Waals surface area contributed by atoms with E-state index in [0.717, 1.165) is 12.0 Å². The molecule has 0 spiro atoms. The van der Waals surface area contributed by atoms with Crippen molar-refractivity contribution >= 4 is 5.91 Å². The second kappa shape index (κ2) is 7.44. The molecule has 0 fully saturated rings. The van der Waals surface area contributed by atoms with Gasteiger partial charge in [-0.15, -0.1) is 0 Å². The van der Waals surface area contributed by atoms with E-state index in [-0.39, 0.29) is 11.9 Å². The zero-order valence-electron chi connectivity index (χ0n) is 14.6. The molecule has 1 unspecified atom stereocenters. The van der Waals surface area contributed by atoms with Gasteiger partial charge in [0, 0.05) is 6.42 Å². The minimum absolute atomic E-state index is 0.0605. The van der Waals surface area contributed by atoms with Crippen LogP contribution in [0.2, 0.25) is 0 Å². The molecular formula is C19H26N2O2. The highest BCUT2D eigenvalue weighted by Gasteiger charge is 2.20. The Labute approximate surface area is 138 Å². The van der Waals surface area contributed by atoms with Gasteiger partial charge >= 0.3 is 0 Å². The van der Waals surface area contributed by atoms with E-state index in [1.165, 1.54) is 5.56 Å². The first-order valence-electron chi connectivity index (χ1n) is 8.27. The highest BCUT2D eigenvalue weighted by Crippen LogP contribution is 2.19. The Morgan fingerprint density at radius 2 is 1.87 bits per heavy atom. The molecule has 1 heterocycles. The average Bonchev–Trinajstić information content (AvgIpc) is 2.88. The minimum atomic E-state index is -0.126. The van der Waals surface area contributed by atoms with Crippen LogP contribution in [0.25, 0.3) is 0 Å². The lowest BCUT2D eigenvalue weighted by molar-refractivity contribution is 0.0937. The zero-order valence-corrected chi connectivity index (χ0v) is 14.6. The van der Waals surface area contributed by atoms with E-state index in [9.17, 15) is 4.79 Å². The normalized spacial score (nSPS) is 12.4. The lowest BCUT2D eigenvalue weighted by Gasteiger charge is -2.15. The molecule has 124 valence electrons. The predicted molar refractivity (Wildman–Crippen MR) is 91.5 cm³/mol. The Kier molecular flexibility index (Phi) is 5.59. The largest absolute Gasteiger partial charge is 0.360 e. The predicted octanol–water partition coefficient (Wildman–Crippen LogP) is 4.23. The number of amides is 1. The molecule has 2 rings (SSSR count). The van der Waals surface area contributed by atoms with E-state index in [1.807, 2.05) is 13.8 Å². The number of benzene rings is 1. The second-order valence-corrected chi connectivity index (χ2v) is 6.45. The van der Waals surface area contributed by atoms with Crippen molar-refractivity contribution in [3.05, 3.63) is 52.4 Å². The lowest BCUT2D eigenvalue weighted by atomic mass is 9.99. The summed E-state index contributed by atoms with van der Waals surface area (Å²) >= 11 is 0. The van der Waals surface area contributed by atoms with Gasteiger partial charge in [-0.05, 0) is 37.3 Å². The van der Waals surface area contributed by atoms with Gasteiger partial charge in [-0.25, -0.2) is 0 Å². The molecule has 0 aliphatic carbocycles. The lowest BCUT2D eigenvalue weighted by Crippen LogP contribution is -2.27. The molecule has 0 saturated heterocycles. The number of nitrogens with one attached hydrogen (secondary N) is 1. The van der Waals surface area contributed by atoms with Crippen molar-refractivity contribution in [2.24, 2.45) is 5.92 Å². The van der Waals surface area contributed by atoms with Gasteiger partial charge in [-0.1, -0.05) is 50.2 Å². The van der Waals surface area contributed by atoms with E-state index in [2.05, 4.69) is 48.6 Å². The SMILES string of the molecule is CCc1onc(C)c1C(=O)NC(C)c1ccc(CC(C)C)cc1. The molecule has 1 aromatic carbocycles. The van der Waals surface area contributed by atoms with Gasteiger partial charge in [-0.3, -0.25) is 4.79 Å². The Hall–Kier alpha value is -2.10. The third kappa shape index (κ3) is 4.21. The summed E-state index contributed by atoms with van der Waals surface area (Å²) < 4.78 is 5.19. The fourth-order valence-electron chi connectivity index (χ4n) is 2.71. The van der Waals surface area contributed by atoms with Crippen molar-refractivity contribution < 1.29 is 9.32 Å². The molecule has 1 amide bonds. The fourth-order valence-corrected chi connectivity index (χ4v) is 2.71. The number of hydrogen-bond acceptors (Lipinski definition) is 3. The van der Waals surface area contributed by atoms with Crippen molar-refractivity contribution in [1.82, 2.24) is 10.5 Å². The molecule has 0 aliphatic rings. The first-order chi connectivity index (χ1) is 10.9. The van der Waals surface area contributed by atoms with Crippen LogP contribution in [-0.4, -0.2) is 11.1 Å². The highest BCUT2D eigenvalue weighted by molar-refractivity contribution is 5.96. The third-order valence-electron chi connectivity index (χ3n) is 3.95. The smallest absolute Gasteiger partial charge is 0.257 e. The maximum atomic E-state index is 12.5. The topological polar surface area (TPSA) is 55.1 Å². The quantitative estimate of drug-likeness (QED) is 0.868. The van der Waals surface area contributed by atoms with Crippen LogP contribution in [0, 0.1) is 12.8 Å². The van der Waals surface area contributed by atoms with Crippen LogP contribution in [0.5, 0.6) is 0 Å². The van der Waals surface area contributed by atoms with Gasteiger partial charge < -0.3 is 9.84 Å². The summed E-state index contributed by atoms with van der Waals surface area (Å²) in [6.07, 6.45) is 1.72. The van der Waals surface area contributed by atoms with Crippen LogP contribution >= 0.6 is 0 Å². The second-order valence-electron chi connectivity index (χ2n) is 6.45. The summed E-state index contributed by atoms with van der Waals surface area (Å²) in [5.74, 6) is 1.15. The fraction of sp³-hybridized carbons (Fsp3) is 0.474. The summed E-state index contributed by atoms with van der Waals surface area (Å²) in [5.41, 5.74) is 3.62. The third-order valence-corrected chi connectivity index (χ3v) is 3.95.